The fourth-order valence-electron chi connectivity index (χ4n) is 1.82. The van der Waals surface area contributed by atoms with Crippen molar-refractivity contribution >= 4 is 12.0 Å². The van der Waals surface area contributed by atoms with Gasteiger partial charge in [0.15, 0.2) is 0 Å². The van der Waals surface area contributed by atoms with Gasteiger partial charge in [0.2, 0.25) is 0 Å². The molecule has 0 spiro atoms. The number of amides is 2. The molecule has 0 aliphatic carbocycles. The molecule has 104 valence electrons. The number of urea groups is 1. The maximum absolute atomic E-state index is 11.7. The average Bonchev–Trinajstić information content (AvgIpc) is 2.70. The molecule has 0 bridgehead atoms. The summed E-state index contributed by atoms with van der Waals surface area (Å²) in [5.41, 5.74) is -0.283. The standard InChI is InChI=1S/C12H22N2O4/c1-9(3-4-10(15)16)7-13-11(17)14-12(2)5-6-18-8-12/h9H,3-8H2,1-2H3,(H,15,16)(H2,13,14,17). The predicted molar refractivity (Wildman–Crippen MR) is 66.4 cm³/mol. The molecule has 6 heteroatoms. The van der Waals surface area contributed by atoms with E-state index in [0.717, 1.165) is 6.42 Å². The molecule has 1 aliphatic rings. The van der Waals surface area contributed by atoms with E-state index in [1.165, 1.54) is 0 Å². The molecule has 2 unspecified atom stereocenters. The molecule has 2 atom stereocenters. The van der Waals surface area contributed by atoms with Crippen molar-refractivity contribution in [3.8, 4) is 0 Å². The maximum atomic E-state index is 11.7. The van der Waals surface area contributed by atoms with Crippen molar-refractivity contribution in [2.75, 3.05) is 19.8 Å². The molecule has 1 heterocycles. The highest BCUT2D eigenvalue weighted by Gasteiger charge is 2.31. The largest absolute Gasteiger partial charge is 0.481 e. The molecule has 3 N–H and O–H groups in total. The number of hydrogen-bond acceptors (Lipinski definition) is 3. The van der Waals surface area contributed by atoms with E-state index in [9.17, 15) is 9.59 Å². The number of carboxylic acids is 1. The molecule has 18 heavy (non-hydrogen) atoms. The van der Waals surface area contributed by atoms with Crippen LogP contribution in [-0.2, 0) is 9.53 Å². The third-order valence-corrected chi connectivity index (χ3v) is 3.10. The molecular formula is C12H22N2O4. The Morgan fingerprint density at radius 2 is 2.22 bits per heavy atom. The van der Waals surface area contributed by atoms with Crippen LogP contribution >= 0.6 is 0 Å². The van der Waals surface area contributed by atoms with E-state index in [0.29, 0.717) is 26.2 Å². The summed E-state index contributed by atoms with van der Waals surface area (Å²) in [7, 11) is 0. The first kappa shape index (κ1) is 14.8. The third kappa shape index (κ3) is 5.35. The van der Waals surface area contributed by atoms with Gasteiger partial charge in [0.1, 0.15) is 0 Å². The summed E-state index contributed by atoms with van der Waals surface area (Å²) in [6.07, 6.45) is 1.51. The summed E-state index contributed by atoms with van der Waals surface area (Å²) < 4.78 is 5.24. The van der Waals surface area contributed by atoms with Crippen LogP contribution in [0.4, 0.5) is 4.79 Å². The number of nitrogens with one attached hydrogen (secondary N) is 2. The SMILES string of the molecule is CC(CCC(=O)O)CNC(=O)NC1(C)CCOC1. The molecular weight excluding hydrogens is 236 g/mol. The monoisotopic (exact) mass is 258 g/mol. The Bertz CT molecular complexity index is 300. The summed E-state index contributed by atoms with van der Waals surface area (Å²) in [5.74, 6) is -0.651. The summed E-state index contributed by atoms with van der Waals surface area (Å²) in [6.45, 7) is 5.56. The number of carbonyl (C=O) groups is 2. The first-order chi connectivity index (χ1) is 8.41. The molecule has 0 aromatic carbocycles. The van der Waals surface area contributed by atoms with E-state index in [4.69, 9.17) is 9.84 Å². The van der Waals surface area contributed by atoms with Crippen molar-refractivity contribution in [1.29, 1.82) is 0 Å². The zero-order valence-electron chi connectivity index (χ0n) is 11.0. The van der Waals surface area contributed by atoms with E-state index in [2.05, 4.69) is 10.6 Å². The van der Waals surface area contributed by atoms with Gasteiger partial charge in [-0.25, -0.2) is 4.79 Å². The van der Waals surface area contributed by atoms with Gasteiger partial charge < -0.3 is 20.5 Å². The quantitative estimate of drug-likeness (QED) is 0.662. The molecule has 6 nitrogen and oxygen atoms in total. The van der Waals surface area contributed by atoms with Crippen molar-refractivity contribution in [3.63, 3.8) is 0 Å². The van der Waals surface area contributed by atoms with Crippen molar-refractivity contribution in [3.05, 3.63) is 0 Å². The Morgan fingerprint density at radius 3 is 2.78 bits per heavy atom. The molecule has 1 fully saturated rings. The Morgan fingerprint density at radius 1 is 1.50 bits per heavy atom. The first-order valence-electron chi connectivity index (χ1n) is 6.27. The smallest absolute Gasteiger partial charge is 0.315 e. The van der Waals surface area contributed by atoms with E-state index in [1.807, 2.05) is 13.8 Å². The second-order valence-corrected chi connectivity index (χ2v) is 5.24. The van der Waals surface area contributed by atoms with Crippen molar-refractivity contribution in [2.24, 2.45) is 5.92 Å². The average molecular weight is 258 g/mol. The lowest BCUT2D eigenvalue weighted by molar-refractivity contribution is -0.137. The Kier molecular flexibility index (Phi) is 5.40. The summed E-state index contributed by atoms with van der Waals surface area (Å²) >= 11 is 0. The minimum atomic E-state index is -0.804. The Hall–Kier alpha value is -1.30. The van der Waals surface area contributed by atoms with E-state index in [-0.39, 0.29) is 23.9 Å². The molecule has 0 aromatic rings. The fraction of sp³-hybridized carbons (Fsp3) is 0.833. The molecule has 0 radical (unpaired) electrons. The summed E-state index contributed by atoms with van der Waals surface area (Å²) in [4.78, 5) is 22.1. The lowest BCUT2D eigenvalue weighted by atomic mass is 10.0. The predicted octanol–water partition coefficient (Wildman–Crippen LogP) is 0.965. The fourth-order valence-corrected chi connectivity index (χ4v) is 1.82. The highest BCUT2D eigenvalue weighted by molar-refractivity contribution is 5.74. The Labute approximate surface area is 107 Å². The first-order valence-corrected chi connectivity index (χ1v) is 6.27. The lowest BCUT2D eigenvalue weighted by Crippen LogP contribution is -2.51. The van der Waals surface area contributed by atoms with Crippen molar-refractivity contribution in [2.45, 2.75) is 38.6 Å². The maximum Gasteiger partial charge on any atom is 0.315 e. The number of hydrogen-bond donors (Lipinski definition) is 3. The van der Waals surface area contributed by atoms with Crippen LogP contribution in [0.25, 0.3) is 0 Å². The van der Waals surface area contributed by atoms with Gasteiger partial charge >= 0.3 is 12.0 Å². The number of carbonyl (C=O) groups excluding carboxylic acids is 1. The van der Waals surface area contributed by atoms with Crippen LogP contribution in [0.15, 0.2) is 0 Å². The van der Waals surface area contributed by atoms with Gasteiger partial charge in [-0.1, -0.05) is 6.92 Å². The van der Waals surface area contributed by atoms with Gasteiger partial charge in [0.05, 0.1) is 12.1 Å². The lowest BCUT2D eigenvalue weighted by Gasteiger charge is -2.24. The number of rotatable bonds is 6. The Balaban J connectivity index is 2.18. The van der Waals surface area contributed by atoms with Crippen LogP contribution in [0.2, 0.25) is 0 Å². The highest BCUT2D eigenvalue weighted by atomic mass is 16.5. The molecule has 1 rings (SSSR count). The van der Waals surface area contributed by atoms with Crippen LogP contribution < -0.4 is 10.6 Å². The zero-order valence-corrected chi connectivity index (χ0v) is 11.0. The minimum Gasteiger partial charge on any atom is -0.481 e. The van der Waals surface area contributed by atoms with Gasteiger partial charge in [-0.05, 0) is 25.7 Å². The number of aliphatic carboxylic acids is 1. The molecule has 0 aromatic heterocycles. The normalized spacial score (nSPS) is 24.6. The van der Waals surface area contributed by atoms with E-state index >= 15 is 0 Å². The van der Waals surface area contributed by atoms with Gasteiger partial charge in [0, 0.05) is 19.6 Å². The minimum absolute atomic E-state index is 0.135. The van der Waals surface area contributed by atoms with Crippen LogP contribution in [0.5, 0.6) is 0 Å². The molecule has 0 saturated carbocycles. The second-order valence-electron chi connectivity index (χ2n) is 5.24. The van der Waals surface area contributed by atoms with Crippen LogP contribution in [-0.4, -0.2) is 42.4 Å². The molecule has 1 saturated heterocycles. The van der Waals surface area contributed by atoms with Crippen LogP contribution in [0.3, 0.4) is 0 Å². The number of ether oxygens (including phenoxy) is 1. The third-order valence-electron chi connectivity index (χ3n) is 3.10. The summed E-state index contributed by atoms with van der Waals surface area (Å²) in [5, 5.41) is 14.2. The zero-order chi connectivity index (χ0) is 13.6. The topological polar surface area (TPSA) is 87.7 Å². The second kappa shape index (κ2) is 6.58. The van der Waals surface area contributed by atoms with E-state index in [1.54, 1.807) is 0 Å². The highest BCUT2D eigenvalue weighted by Crippen LogP contribution is 2.17. The van der Waals surface area contributed by atoms with E-state index < -0.39 is 5.97 Å². The van der Waals surface area contributed by atoms with Crippen LogP contribution in [0.1, 0.15) is 33.1 Å². The van der Waals surface area contributed by atoms with Gasteiger partial charge in [-0.2, -0.15) is 0 Å². The molecule has 1 aliphatic heterocycles. The number of carboxylic acid groups (broad SMARTS) is 1. The van der Waals surface area contributed by atoms with Crippen molar-refractivity contribution < 1.29 is 19.4 Å². The van der Waals surface area contributed by atoms with Gasteiger partial charge in [-0.15, -0.1) is 0 Å². The molecule has 2 amide bonds. The van der Waals surface area contributed by atoms with Crippen LogP contribution in [0, 0.1) is 5.92 Å². The van der Waals surface area contributed by atoms with Crippen molar-refractivity contribution in [1.82, 2.24) is 10.6 Å². The van der Waals surface area contributed by atoms with Gasteiger partial charge in [0.25, 0.3) is 0 Å². The summed E-state index contributed by atoms with van der Waals surface area (Å²) in [6, 6.07) is -0.217. The van der Waals surface area contributed by atoms with Gasteiger partial charge in [-0.3, -0.25) is 4.79 Å².